The number of hydrogen-bond acceptors (Lipinski definition) is 4. The first kappa shape index (κ1) is 41.3. The number of ether oxygens (including phenoxy) is 2. The monoisotopic (exact) mass is 632 g/mol. The van der Waals surface area contributed by atoms with Gasteiger partial charge in [-0.15, -0.1) is 5.73 Å². The van der Waals surface area contributed by atoms with Gasteiger partial charge in [0.1, 0.15) is 5.60 Å². The van der Waals surface area contributed by atoms with Crippen molar-refractivity contribution < 1.29 is 19.4 Å². The van der Waals surface area contributed by atoms with E-state index in [4.69, 9.17) is 9.47 Å². The van der Waals surface area contributed by atoms with E-state index >= 15 is 0 Å². The van der Waals surface area contributed by atoms with Crippen LogP contribution in [0.25, 0.3) is 0 Å². The van der Waals surface area contributed by atoms with Crippen LogP contribution in [0.2, 0.25) is 0 Å². The zero-order valence-electron chi connectivity index (χ0n) is 31.1. The molecule has 0 aromatic heterocycles. The van der Waals surface area contributed by atoms with E-state index in [-0.39, 0.29) is 22.7 Å². The molecule has 2 saturated carbocycles. The minimum Gasteiger partial charge on any atom is -0.393 e. The van der Waals surface area contributed by atoms with Gasteiger partial charge in [-0.3, -0.25) is 4.79 Å². The van der Waals surface area contributed by atoms with E-state index in [1.807, 2.05) is 96.2 Å². The first-order valence-corrected chi connectivity index (χ1v) is 17.1. The van der Waals surface area contributed by atoms with Crippen LogP contribution in [0.4, 0.5) is 0 Å². The van der Waals surface area contributed by atoms with Crippen LogP contribution in [0.15, 0.2) is 101 Å². The summed E-state index contributed by atoms with van der Waals surface area (Å²) in [5.74, 6) is 0.107. The maximum atomic E-state index is 12.9. The average Bonchev–Trinajstić information content (AvgIpc) is 3.60. The lowest BCUT2D eigenvalue weighted by molar-refractivity contribution is -0.118. The second kappa shape index (κ2) is 18.6. The van der Waals surface area contributed by atoms with E-state index in [0.717, 1.165) is 30.4 Å². The van der Waals surface area contributed by atoms with Crippen molar-refractivity contribution in [2.75, 3.05) is 7.11 Å². The number of aliphatic hydroxyl groups is 1. The second-order valence-corrected chi connectivity index (χ2v) is 14.1. The van der Waals surface area contributed by atoms with Crippen molar-refractivity contribution in [3.05, 3.63) is 101 Å². The number of hydrogen-bond donors (Lipinski definition) is 1. The molecule has 0 aromatic carbocycles. The van der Waals surface area contributed by atoms with Crippen molar-refractivity contribution in [3.8, 4) is 0 Å². The Morgan fingerprint density at radius 2 is 1.52 bits per heavy atom. The normalized spacial score (nSPS) is 29.2. The van der Waals surface area contributed by atoms with Crippen molar-refractivity contribution >= 4 is 5.78 Å². The molecule has 4 nitrogen and oxygen atoms in total. The zero-order valence-corrected chi connectivity index (χ0v) is 31.1. The topological polar surface area (TPSA) is 59.1 Å². The molecule has 3 fully saturated rings. The van der Waals surface area contributed by atoms with E-state index in [9.17, 15) is 9.90 Å². The molecule has 2 aliphatic carbocycles. The summed E-state index contributed by atoms with van der Waals surface area (Å²) in [6.45, 7) is 26.4. The summed E-state index contributed by atoms with van der Waals surface area (Å²) >= 11 is 0. The van der Waals surface area contributed by atoms with Gasteiger partial charge in [0.2, 0.25) is 0 Å². The molecule has 0 aromatic rings. The molecule has 46 heavy (non-hydrogen) atoms. The number of epoxide rings is 1. The highest BCUT2D eigenvalue weighted by Crippen LogP contribution is 2.67. The second-order valence-electron chi connectivity index (χ2n) is 14.1. The summed E-state index contributed by atoms with van der Waals surface area (Å²) in [6.07, 6.45) is 27.0. The lowest BCUT2D eigenvalue weighted by Gasteiger charge is -2.40. The van der Waals surface area contributed by atoms with Crippen molar-refractivity contribution in [3.63, 3.8) is 0 Å². The van der Waals surface area contributed by atoms with Gasteiger partial charge in [0.15, 0.2) is 5.78 Å². The fourth-order valence-electron chi connectivity index (χ4n) is 6.77. The molecule has 1 N–H and O–H groups in total. The SMILES string of the molecule is C=C=C1CCC(OC)CC1(C)C.CC.C\C=C/C=C/C(C)=C/C=C/C=C(C)/C=C/C=C(\C)C(=O)CC12OC1(C)CC(O)CC2(C)C. The van der Waals surface area contributed by atoms with Gasteiger partial charge < -0.3 is 14.6 Å². The summed E-state index contributed by atoms with van der Waals surface area (Å²) in [6, 6.07) is 0. The number of rotatable bonds is 10. The quantitative estimate of drug-likeness (QED) is 0.113. The number of Topliss-reactive ketones (excluding diaryl/α,β-unsaturated/α-hetero) is 1. The van der Waals surface area contributed by atoms with Gasteiger partial charge in [0.05, 0.1) is 17.8 Å². The fourth-order valence-corrected chi connectivity index (χ4v) is 6.77. The summed E-state index contributed by atoms with van der Waals surface area (Å²) < 4.78 is 11.5. The van der Waals surface area contributed by atoms with E-state index < -0.39 is 11.2 Å². The summed E-state index contributed by atoms with van der Waals surface area (Å²) in [7, 11) is 1.80. The van der Waals surface area contributed by atoms with Gasteiger partial charge in [-0.25, -0.2) is 0 Å². The number of ketones is 1. The number of aliphatic hydroxyl groups excluding tert-OH is 1. The third-order valence-corrected chi connectivity index (χ3v) is 9.54. The van der Waals surface area contributed by atoms with Crippen molar-refractivity contribution in [1.29, 1.82) is 0 Å². The zero-order chi connectivity index (χ0) is 35.2. The Morgan fingerprint density at radius 3 is 2.02 bits per heavy atom. The van der Waals surface area contributed by atoms with Crippen LogP contribution < -0.4 is 0 Å². The standard InChI is InChI=1S/C29H40O3.C11H18O.C2H6/c1-8-9-10-14-22(2)15-11-12-16-23(3)17-13-18-24(4)26(31)21-29-27(5,6)19-25(30)20-28(29,7)32-29;1-5-9-6-7-10(12-4)8-11(9,2)3;1-2/h8-18,25,30H,19-21H2,1-7H3;10H,1,6-8H2,2-4H3;1-2H3/b9-8-,12-11+,14-10+,17-13+,22-15+,23-16+,24-18+;;. The highest BCUT2D eigenvalue weighted by molar-refractivity contribution is 5.96. The molecule has 1 aliphatic heterocycles. The van der Waals surface area contributed by atoms with Crippen LogP contribution in [0, 0.1) is 10.8 Å². The summed E-state index contributed by atoms with van der Waals surface area (Å²) in [4.78, 5) is 12.9. The van der Waals surface area contributed by atoms with Gasteiger partial charge >= 0.3 is 0 Å². The lowest BCUT2D eigenvalue weighted by atomic mass is 9.61. The van der Waals surface area contributed by atoms with E-state index in [0.29, 0.717) is 25.4 Å². The fraction of sp³-hybridized carbons (Fsp3) is 0.571. The highest BCUT2D eigenvalue weighted by atomic mass is 16.6. The number of methoxy groups -OCH3 is 1. The lowest BCUT2D eigenvalue weighted by Crippen LogP contribution is -2.48. The van der Waals surface area contributed by atoms with Crippen LogP contribution in [-0.2, 0) is 14.3 Å². The third-order valence-electron chi connectivity index (χ3n) is 9.54. The first-order chi connectivity index (χ1) is 21.6. The van der Waals surface area contributed by atoms with Gasteiger partial charge in [-0.1, -0.05) is 126 Å². The van der Waals surface area contributed by atoms with Crippen LogP contribution in [0.5, 0.6) is 0 Å². The number of allylic oxidation sites excluding steroid dienone is 15. The smallest absolute Gasteiger partial charge is 0.161 e. The molecule has 4 unspecified atom stereocenters. The Balaban J connectivity index is 0.000000629. The number of fused-ring (bicyclic) bond motifs is 1. The van der Waals surface area contributed by atoms with Crippen LogP contribution in [0.3, 0.4) is 0 Å². The summed E-state index contributed by atoms with van der Waals surface area (Å²) in [5.41, 5.74) is 6.56. The molecular weight excluding hydrogens is 568 g/mol. The van der Waals surface area contributed by atoms with E-state index in [1.165, 1.54) is 11.1 Å². The van der Waals surface area contributed by atoms with Crippen molar-refractivity contribution in [2.45, 2.75) is 138 Å². The van der Waals surface area contributed by atoms with Gasteiger partial charge in [-0.05, 0) is 82.3 Å². The maximum absolute atomic E-state index is 12.9. The average molecular weight is 633 g/mol. The molecule has 0 bridgehead atoms. The molecule has 1 heterocycles. The van der Waals surface area contributed by atoms with Crippen molar-refractivity contribution in [2.24, 2.45) is 10.8 Å². The van der Waals surface area contributed by atoms with Gasteiger partial charge in [0, 0.05) is 20.0 Å². The molecule has 0 amide bonds. The predicted molar refractivity (Wildman–Crippen MR) is 197 cm³/mol. The summed E-state index contributed by atoms with van der Waals surface area (Å²) in [5, 5.41) is 10.2. The molecule has 0 radical (unpaired) electrons. The van der Waals surface area contributed by atoms with Crippen molar-refractivity contribution in [1.82, 2.24) is 0 Å². The molecule has 4 heteroatoms. The van der Waals surface area contributed by atoms with Crippen LogP contribution in [-0.4, -0.2) is 41.4 Å². The Bertz CT molecular complexity index is 1270. The Kier molecular flexibility index (Phi) is 16.6. The van der Waals surface area contributed by atoms with Gasteiger partial charge in [-0.2, -0.15) is 0 Å². The van der Waals surface area contributed by atoms with Gasteiger partial charge in [0.25, 0.3) is 0 Å². The number of carbonyl (C=O) groups excluding carboxylic acids is 1. The van der Waals surface area contributed by atoms with E-state index in [1.54, 1.807) is 7.11 Å². The minimum absolute atomic E-state index is 0.107. The predicted octanol–water partition coefficient (Wildman–Crippen LogP) is 10.7. The first-order valence-electron chi connectivity index (χ1n) is 17.1. The van der Waals surface area contributed by atoms with E-state index in [2.05, 4.69) is 59.1 Å². The molecule has 3 rings (SSSR count). The molecule has 3 aliphatic rings. The molecule has 256 valence electrons. The molecule has 4 atom stereocenters. The third kappa shape index (κ3) is 11.5. The maximum Gasteiger partial charge on any atom is 0.161 e. The Labute approximate surface area is 282 Å². The minimum atomic E-state index is -0.469. The molecule has 0 spiro atoms. The van der Waals surface area contributed by atoms with Crippen LogP contribution in [0.1, 0.15) is 115 Å². The molecular formula is C42H64O4. The highest BCUT2D eigenvalue weighted by Gasteiger charge is 2.76. The Morgan fingerprint density at radius 1 is 0.935 bits per heavy atom. The molecule has 1 saturated heterocycles. The number of carbonyl (C=O) groups is 1. The largest absolute Gasteiger partial charge is 0.393 e. The Hall–Kier alpha value is -2.75. The van der Waals surface area contributed by atoms with Crippen LogP contribution >= 0.6 is 0 Å².